The van der Waals surface area contributed by atoms with Crippen molar-refractivity contribution < 1.29 is 13.2 Å². The van der Waals surface area contributed by atoms with Crippen LogP contribution >= 0.6 is 15.9 Å². The van der Waals surface area contributed by atoms with E-state index in [4.69, 9.17) is 0 Å². The topological polar surface area (TPSA) is 25.8 Å². The summed E-state index contributed by atoms with van der Waals surface area (Å²) in [6.45, 7) is 1.82. The summed E-state index contributed by atoms with van der Waals surface area (Å²) in [6.07, 6.45) is -3.42. The number of aromatic nitrogens is 2. The van der Waals surface area contributed by atoms with Gasteiger partial charge in [-0.1, -0.05) is 22.0 Å². The van der Waals surface area contributed by atoms with Crippen molar-refractivity contribution in [1.82, 2.24) is 9.97 Å². The second-order valence-corrected chi connectivity index (χ2v) is 4.64. The molecule has 94 valence electrons. The molecule has 0 amide bonds. The van der Waals surface area contributed by atoms with Gasteiger partial charge in [-0.3, -0.25) is 0 Å². The van der Waals surface area contributed by atoms with E-state index in [1.165, 1.54) is 6.07 Å². The lowest BCUT2D eigenvalue weighted by Crippen LogP contribution is -2.11. The largest absolute Gasteiger partial charge is 0.451 e. The molecule has 0 spiro atoms. The Kier molecular flexibility index (Phi) is 3.38. The smallest absolute Gasteiger partial charge is 0.233 e. The van der Waals surface area contributed by atoms with Crippen LogP contribution in [0, 0.1) is 6.92 Å². The summed E-state index contributed by atoms with van der Waals surface area (Å²) in [7, 11) is 0. The molecule has 2 rings (SSSR count). The Morgan fingerprint density at radius 2 is 1.89 bits per heavy atom. The summed E-state index contributed by atoms with van der Waals surface area (Å²) >= 11 is 3.29. The Hall–Kier alpha value is -1.43. The van der Waals surface area contributed by atoms with Crippen molar-refractivity contribution in [3.05, 3.63) is 46.3 Å². The monoisotopic (exact) mass is 316 g/mol. The summed E-state index contributed by atoms with van der Waals surface area (Å²) in [5.74, 6) is -1.13. The first-order chi connectivity index (χ1) is 8.38. The number of nitrogens with zero attached hydrogens (tertiary/aromatic N) is 2. The minimum Gasteiger partial charge on any atom is -0.233 e. The molecule has 0 aliphatic rings. The summed E-state index contributed by atoms with van der Waals surface area (Å²) < 4.78 is 38.4. The van der Waals surface area contributed by atoms with Gasteiger partial charge in [0.15, 0.2) is 0 Å². The molecule has 0 N–H and O–H groups in total. The van der Waals surface area contributed by atoms with Crippen molar-refractivity contribution in [3.63, 3.8) is 0 Å². The molecule has 1 aromatic carbocycles. The lowest BCUT2D eigenvalue weighted by molar-refractivity contribution is -0.144. The second-order valence-electron chi connectivity index (χ2n) is 3.72. The standard InChI is InChI=1S/C12H8BrF3N2/c1-7-2-3-8(13)6-9(7)10-4-5-17-11(18-10)12(14,15)16/h2-6H,1H3. The average molecular weight is 317 g/mol. The molecule has 0 saturated carbocycles. The van der Waals surface area contributed by atoms with Crippen molar-refractivity contribution in [3.8, 4) is 11.3 Å². The van der Waals surface area contributed by atoms with Crippen LogP contribution in [0.15, 0.2) is 34.9 Å². The van der Waals surface area contributed by atoms with E-state index < -0.39 is 12.0 Å². The fraction of sp³-hybridized carbons (Fsp3) is 0.167. The first-order valence-electron chi connectivity index (χ1n) is 5.04. The van der Waals surface area contributed by atoms with E-state index in [1.54, 1.807) is 6.07 Å². The van der Waals surface area contributed by atoms with Crippen molar-refractivity contribution >= 4 is 15.9 Å². The molecule has 0 atom stereocenters. The zero-order valence-electron chi connectivity index (χ0n) is 9.29. The van der Waals surface area contributed by atoms with Crippen molar-refractivity contribution in [2.24, 2.45) is 0 Å². The third-order valence-corrected chi connectivity index (χ3v) is 2.88. The summed E-state index contributed by atoms with van der Waals surface area (Å²) in [5, 5.41) is 0. The van der Waals surface area contributed by atoms with Crippen molar-refractivity contribution in [1.29, 1.82) is 0 Å². The lowest BCUT2D eigenvalue weighted by atomic mass is 10.1. The minimum absolute atomic E-state index is 0.260. The van der Waals surface area contributed by atoms with Gasteiger partial charge in [0.1, 0.15) is 0 Å². The maximum atomic E-state index is 12.5. The molecule has 6 heteroatoms. The van der Waals surface area contributed by atoms with E-state index in [2.05, 4.69) is 25.9 Å². The molecule has 0 bridgehead atoms. The van der Waals surface area contributed by atoms with E-state index in [0.29, 0.717) is 5.56 Å². The molecule has 0 aliphatic carbocycles. The molecule has 0 aliphatic heterocycles. The van der Waals surface area contributed by atoms with Gasteiger partial charge in [0.05, 0.1) is 5.69 Å². The van der Waals surface area contributed by atoms with Gasteiger partial charge in [0.2, 0.25) is 5.82 Å². The SMILES string of the molecule is Cc1ccc(Br)cc1-c1ccnc(C(F)(F)F)n1. The van der Waals surface area contributed by atoms with E-state index in [9.17, 15) is 13.2 Å². The third-order valence-electron chi connectivity index (χ3n) is 2.38. The molecule has 18 heavy (non-hydrogen) atoms. The lowest BCUT2D eigenvalue weighted by Gasteiger charge is -2.09. The van der Waals surface area contributed by atoms with E-state index in [0.717, 1.165) is 16.2 Å². The first kappa shape index (κ1) is 13.0. The molecule has 1 aromatic heterocycles. The maximum Gasteiger partial charge on any atom is 0.451 e. The fourth-order valence-corrected chi connectivity index (χ4v) is 1.88. The van der Waals surface area contributed by atoms with Crippen molar-refractivity contribution in [2.45, 2.75) is 13.1 Å². The van der Waals surface area contributed by atoms with Gasteiger partial charge < -0.3 is 0 Å². The summed E-state index contributed by atoms with van der Waals surface area (Å²) in [4.78, 5) is 6.80. The predicted octanol–water partition coefficient (Wildman–Crippen LogP) is 4.23. The van der Waals surface area contributed by atoms with E-state index >= 15 is 0 Å². The summed E-state index contributed by atoms with van der Waals surface area (Å²) in [5.41, 5.74) is 1.76. The Balaban J connectivity index is 2.55. The highest BCUT2D eigenvalue weighted by Gasteiger charge is 2.34. The van der Waals surface area contributed by atoms with Gasteiger partial charge in [0.25, 0.3) is 0 Å². The molecular weight excluding hydrogens is 309 g/mol. The Morgan fingerprint density at radius 3 is 2.56 bits per heavy atom. The Morgan fingerprint density at radius 1 is 1.17 bits per heavy atom. The van der Waals surface area contributed by atoms with Crippen LogP contribution in [0.5, 0.6) is 0 Å². The number of aryl methyl sites for hydroxylation is 1. The van der Waals surface area contributed by atoms with Crippen LogP contribution in [-0.2, 0) is 6.18 Å². The van der Waals surface area contributed by atoms with Gasteiger partial charge in [-0.15, -0.1) is 0 Å². The van der Waals surface area contributed by atoms with Gasteiger partial charge in [-0.25, -0.2) is 9.97 Å². The van der Waals surface area contributed by atoms with E-state index in [1.807, 2.05) is 19.1 Å². The third kappa shape index (κ3) is 2.69. The van der Waals surface area contributed by atoms with Crippen LogP contribution in [0.4, 0.5) is 13.2 Å². The quantitative estimate of drug-likeness (QED) is 0.786. The van der Waals surface area contributed by atoms with Gasteiger partial charge in [-0.2, -0.15) is 13.2 Å². The number of alkyl halides is 3. The number of halogens is 4. The van der Waals surface area contributed by atoms with Gasteiger partial charge >= 0.3 is 6.18 Å². The fourth-order valence-electron chi connectivity index (χ4n) is 1.52. The molecular formula is C12H8BrF3N2. The number of hydrogen-bond acceptors (Lipinski definition) is 2. The molecule has 0 unspecified atom stereocenters. The Labute approximate surface area is 110 Å². The first-order valence-corrected chi connectivity index (χ1v) is 5.84. The number of rotatable bonds is 1. The molecule has 0 saturated heterocycles. The zero-order valence-corrected chi connectivity index (χ0v) is 10.9. The normalized spacial score (nSPS) is 11.6. The molecule has 0 radical (unpaired) electrons. The molecule has 2 aromatic rings. The number of benzene rings is 1. The number of hydrogen-bond donors (Lipinski definition) is 0. The zero-order chi connectivity index (χ0) is 13.3. The summed E-state index contributed by atoms with van der Waals surface area (Å²) in [6, 6.07) is 6.83. The Bertz CT molecular complexity index is 582. The van der Waals surface area contributed by atoms with Crippen LogP contribution in [0.3, 0.4) is 0 Å². The van der Waals surface area contributed by atoms with Crippen LogP contribution in [-0.4, -0.2) is 9.97 Å². The highest BCUT2D eigenvalue weighted by atomic mass is 79.9. The highest BCUT2D eigenvalue weighted by molar-refractivity contribution is 9.10. The second kappa shape index (κ2) is 4.68. The van der Waals surface area contributed by atoms with Crippen molar-refractivity contribution in [2.75, 3.05) is 0 Å². The van der Waals surface area contributed by atoms with Gasteiger partial charge in [0, 0.05) is 16.2 Å². The molecule has 0 fully saturated rings. The van der Waals surface area contributed by atoms with Crippen LogP contribution in [0.25, 0.3) is 11.3 Å². The molecule has 2 nitrogen and oxygen atoms in total. The van der Waals surface area contributed by atoms with Crippen LogP contribution in [0.2, 0.25) is 0 Å². The van der Waals surface area contributed by atoms with Crippen LogP contribution < -0.4 is 0 Å². The van der Waals surface area contributed by atoms with E-state index in [-0.39, 0.29) is 5.69 Å². The average Bonchev–Trinajstić information content (AvgIpc) is 2.31. The van der Waals surface area contributed by atoms with Crippen LogP contribution in [0.1, 0.15) is 11.4 Å². The predicted molar refractivity (Wildman–Crippen MR) is 64.9 cm³/mol. The van der Waals surface area contributed by atoms with Gasteiger partial charge in [-0.05, 0) is 30.7 Å². The highest BCUT2D eigenvalue weighted by Crippen LogP contribution is 2.29. The minimum atomic E-state index is -4.53. The maximum absolute atomic E-state index is 12.5. The molecule has 1 heterocycles.